The Morgan fingerprint density at radius 1 is 1.05 bits per heavy atom. The molecule has 0 saturated carbocycles. The molecule has 21 heavy (non-hydrogen) atoms. The first kappa shape index (κ1) is 17.8. The summed E-state index contributed by atoms with van der Waals surface area (Å²) in [7, 11) is 4.17. The van der Waals surface area contributed by atoms with E-state index in [4.69, 9.17) is 4.74 Å². The third-order valence-corrected chi connectivity index (χ3v) is 3.33. The quantitative estimate of drug-likeness (QED) is 0.720. The summed E-state index contributed by atoms with van der Waals surface area (Å²) in [4.78, 5) is 4.56. The average Bonchev–Trinajstić information content (AvgIpc) is 2.45. The van der Waals surface area contributed by atoms with Crippen LogP contribution in [-0.2, 0) is 6.54 Å². The van der Waals surface area contributed by atoms with E-state index in [1.807, 2.05) is 12.1 Å². The summed E-state index contributed by atoms with van der Waals surface area (Å²) in [5, 5.41) is 10.2. The molecule has 1 aromatic carbocycles. The van der Waals surface area contributed by atoms with Crippen molar-refractivity contribution < 1.29 is 9.84 Å². The summed E-state index contributed by atoms with van der Waals surface area (Å²) < 4.78 is 5.54. The Kier molecular flexibility index (Phi) is 8.16. The molecule has 1 aromatic rings. The van der Waals surface area contributed by atoms with Crippen molar-refractivity contribution in [2.24, 2.45) is 0 Å². The fraction of sp³-hybridized carbons (Fsp3) is 0.647. The first-order valence-electron chi connectivity index (χ1n) is 7.88. The summed E-state index contributed by atoms with van der Waals surface area (Å²) >= 11 is 0. The topological polar surface area (TPSA) is 35.9 Å². The summed E-state index contributed by atoms with van der Waals surface area (Å²) in [5.74, 6) is 1.07. The van der Waals surface area contributed by atoms with E-state index < -0.39 is 0 Å². The number of likely N-dealkylation sites (N-methyl/N-ethyl adjacent to an activating group) is 1. The van der Waals surface area contributed by atoms with Gasteiger partial charge in [0, 0.05) is 31.3 Å². The molecule has 0 saturated heterocycles. The Bertz CT molecular complexity index is 408. The van der Waals surface area contributed by atoms with Crippen LogP contribution in [0.5, 0.6) is 11.5 Å². The first-order valence-corrected chi connectivity index (χ1v) is 7.88. The predicted octanol–water partition coefficient (Wildman–Crippen LogP) is 2.95. The van der Waals surface area contributed by atoms with Gasteiger partial charge >= 0.3 is 0 Å². The lowest BCUT2D eigenvalue weighted by molar-refractivity contribution is 0.231. The molecule has 0 aromatic heterocycles. The monoisotopic (exact) mass is 294 g/mol. The predicted molar refractivity (Wildman–Crippen MR) is 88.0 cm³/mol. The van der Waals surface area contributed by atoms with Gasteiger partial charge in [-0.25, -0.2) is 0 Å². The maximum Gasteiger partial charge on any atom is 0.123 e. The lowest BCUT2D eigenvalue weighted by Crippen LogP contribution is -2.32. The van der Waals surface area contributed by atoms with Gasteiger partial charge in [-0.2, -0.15) is 0 Å². The maximum absolute atomic E-state index is 10.2. The number of phenolic OH excluding ortho intramolecular Hbond substituents is 1. The fourth-order valence-corrected chi connectivity index (χ4v) is 2.16. The highest BCUT2D eigenvalue weighted by Gasteiger charge is 2.10. The van der Waals surface area contributed by atoms with Crippen LogP contribution in [0.3, 0.4) is 0 Å². The molecule has 0 atom stereocenters. The molecule has 0 amide bonds. The third kappa shape index (κ3) is 6.82. The van der Waals surface area contributed by atoms with Crippen LogP contribution in [0.25, 0.3) is 0 Å². The molecular weight excluding hydrogens is 264 g/mol. The zero-order valence-corrected chi connectivity index (χ0v) is 13.9. The van der Waals surface area contributed by atoms with Gasteiger partial charge in [-0.15, -0.1) is 0 Å². The Morgan fingerprint density at radius 3 is 2.38 bits per heavy atom. The Morgan fingerprint density at radius 2 is 1.81 bits per heavy atom. The molecule has 0 aliphatic heterocycles. The smallest absolute Gasteiger partial charge is 0.123 e. The highest BCUT2D eigenvalue weighted by atomic mass is 16.5. The van der Waals surface area contributed by atoms with E-state index in [2.05, 4.69) is 37.7 Å². The van der Waals surface area contributed by atoms with E-state index in [1.54, 1.807) is 6.07 Å². The van der Waals surface area contributed by atoms with Crippen LogP contribution in [-0.4, -0.2) is 55.2 Å². The second-order valence-electron chi connectivity index (χ2n) is 5.72. The van der Waals surface area contributed by atoms with Crippen molar-refractivity contribution in [2.75, 3.05) is 40.3 Å². The van der Waals surface area contributed by atoms with Crippen LogP contribution in [0.4, 0.5) is 0 Å². The second kappa shape index (κ2) is 9.64. The lowest BCUT2D eigenvalue weighted by Gasteiger charge is -2.24. The van der Waals surface area contributed by atoms with Gasteiger partial charge in [-0.1, -0.05) is 19.9 Å². The van der Waals surface area contributed by atoms with Gasteiger partial charge < -0.3 is 14.7 Å². The van der Waals surface area contributed by atoms with Gasteiger partial charge in [-0.3, -0.25) is 4.90 Å². The molecule has 1 N–H and O–H groups in total. The van der Waals surface area contributed by atoms with Crippen molar-refractivity contribution in [2.45, 2.75) is 33.2 Å². The molecule has 120 valence electrons. The van der Waals surface area contributed by atoms with Gasteiger partial charge in [0.1, 0.15) is 11.5 Å². The molecule has 0 unspecified atom stereocenters. The SMILES string of the molecule is CCCOc1ccc(CN(CCC)CCN(C)C)c(O)c1. The Hall–Kier alpha value is -1.26. The van der Waals surface area contributed by atoms with Gasteiger partial charge in [0.2, 0.25) is 0 Å². The Labute approximate surface area is 129 Å². The molecule has 0 fully saturated rings. The van der Waals surface area contributed by atoms with Gasteiger partial charge in [-0.05, 0) is 39.5 Å². The molecule has 0 radical (unpaired) electrons. The maximum atomic E-state index is 10.2. The number of ether oxygens (including phenoxy) is 1. The summed E-state index contributed by atoms with van der Waals surface area (Å²) in [5.41, 5.74) is 0.964. The number of benzene rings is 1. The molecular formula is C17H30N2O2. The average molecular weight is 294 g/mol. The minimum absolute atomic E-state index is 0.328. The van der Waals surface area contributed by atoms with E-state index in [0.717, 1.165) is 50.3 Å². The van der Waals surface area contributed by atoms with Crippen molar-refractivity contribution in [3.63, 3.8) is 0 Å². The zero-order chi connectivity index (χ0) is 15.7. The van der Waals surface area contributed by atoms with Crippen LogP contribution >= 0.6 is 0 Å². The minimum Gasteiger partial charge on any atom is -0.507 e. The van der Waals surface area contributed by atoms with Gasteiger partial charge in [0.15, 0.2) is 0 Å². The fourth-order valence-electron chi connectivity index (χ4n) is 2.16. The van der Waals surface area contributed by atoms with E-state index in [-0.39, 0.29) is 0 Å². The zero-order valence-electron chi connectivity index (χ0n) is 13.9. The summed E-state index contributed by atoms with van der Waals surface area (Å²) in [6, 6.07) is 5.64. The molecule has 4 nitrogen and oxygen atoms in total. The number of rotatable bonds is 10. The van der Waals surface area contributed by atoms with E-state index in [9.17, 15) is 5.11 Å². The molecule has 0 aliphatic carbocycles. The standard InChI is InChI=1S/C17H30N2O2/c1-5-9-19(11-10-18(3)4)14-15-7-8-16(13-17(15)20)21-12-6-2/h7-8,13,20H,5-6,9-12,14H2,1-4H3. The molecule has 0 aliphatic rings. The molecule has 0 spiro atoms. The van der Waals surface area contributed by atoms with Crippen LogP contribution in [0.1, 0.15) is 32.3 Å². The van der Waals surface area contributed by atoms with Crippen molar-refractivity contribution >= 4 is 0 Å². The number of phenols is 1. The number of nitrogens with zero attached hydrogens (tertiary/aromatic N) is 2. The molecule has 1 rings (SSSR count). The molecule has 0 heterocycles. The van der Waals surface area contributed by atoms with Crippen LogP contribution < -0.4 is 4.74 Å². The first-order chi connectivity index (χ1) is 10.1. The van der Waals surface area contributed by atoms with E-state index >= 15 is 0 Å². The van der Waals surface area contributed by atoms with Crippen molar-refractivity contribution in [1.82, 2.24) is 9.80 Å². The van der Waals surface area contributed by atoms with Crippen molar-refractivity contribution in [3.05, 3.63) is 23.8 Å². The van der Waals surface area contributed by atoms with Crippen molar-refractivity contribution in [3.8, 4) is 11.5 Å². The number of aromatic hydroxyl groups is 1. The minimum atomic E-state index is 0.328. The van der Waals surface area contributed by atoms with Gasteiger partial charge in [0.25, 0.3) is 0 Å². The van der Waals surface area contributed by atoms with Crippen molar-refractivity contribution in [1.29, 1.82) is 0 Å². The molecule has 0 bridgehead atoms. The Balaban J connectivity index is 2.65. The number of hydrogen-bond acceptors (Lipinski definition) is 4. The summed E-state index contributed by atoms with van der Waals surface area (Å²) in [6.45, 7) is 8.80. The van der Waals surface area contributed by atoms with Crippen LogP contribution in [0.15, 0.2) is 18.2 Å². The largest absolute Gasteiger partial charge is 0.507 e. The second-order valence-corrected chi connectivity index (χ2v) is 5.72. The highest BCUT2D eigenvalue weighted by molar-refractivity contribution is 5.39. The van der Waals surface area contributed by atoms with Crippen LogP contribution in [0, 0.1) is 0 Å². The highest BCUT2D eigenvalue weighted by Crippen LogP contribution is 2.25. The van der Waals surface area contributed by atoms with Gasteiger partial charge in [0.05, 0.1) is 6.61 Å². The lowest BCUT2D eigenvalue weighted by atomic mass is 10.1. The van der Waals surface area contributed by atoms with E-state index in [1.165, 1.54) is 0 Å². The van der Waals surface area contributed by atoms with E-state index in [0.29, 0.717) is 12.4 Å². The molecule has 4 heteroatoms. The van der Waals surface area contributed by atoms with Crippen LogP contribution in [0.2, 0.25) is 0 Å². The summed E-state index contributed by atoms with van der Waals surface area (Å²) in [6.07, 6.45) is 2.09. The normalized spacial score (nSPS) is 11.3. The third-order valence-electron chi connectivity index (χ3n) is 3.33. The number of hydrogen-bond donors (Lipinski definition) is 1.